The molecule has 0 radical (unpaired) electrons. The van der Waals surface area contributed by atoms with Crippen LogP contribution in [0.2, 0.25) is 0 Å². The van der Waals surface area contributed by atoms with Crippen LogP contribution in [-0.2, 0) is 14.3 Å². The van der Waals surface area contributed by atoms with Crippen molar-refractivity contribution in [3.8, 4) is 12.3 Å². The summed E-state index contributed by atoms with van der Waals surface area (Å²) in [5.74, 6) is 1.91. The molecule has 154 valence electrons. The number of nitrogens with one attached hydrogen (secondary N) is 2. The molecule has 7 nitrogen and oxygen atoms in total. The maximum Gasteiger partial charge on any atom is 0.262 e. The summed E-state index contributed by atoms with van der Waals surface area (Å²) in [6.07, 6.45) is 7.16. The van der Waals surface area contributed by atoms with Crippen LogP contribution in [0, 0.1) is 12.3 Å². The van der Waals surface area contributed by atoms with Gasteiger partial charge in [0.25, 0.3) is 11.8 Å². The number of benzene rings is 1. The minimum absolute atomic E-state index is 0.0955. The number of thiophene rings is 1. The standard InChI is InChI=1S/C22H21N3O4S/c1-2-17-9-10-18(30-17)20(27)24-22(11-13-29-14-22)21(28)23-15-5-7-16(8-6-15)25-12-3-4-19(25)26/h1,5-10H,3-4,11-14H2,(H,23,28)(H,24,27). The van der Waals surface area contributed by atoms with Gasteiger partial charge in [-0.15, -0.1) is 17.8 Å². The second kappa shape index (κ2) is 8.30. The van der Waals surface area contributed by atoms with E-state index in [1.165, 1.54) is 11.3 Å². The molecule has 3 amide bonds. The zero-order valence-electron chi connectivity index (χ0n) is 16.3. The monoisotopic (exact) mass is 423 g/mol. The van der Waals surface area contributed by atoms with E-state index >= 15 is 0 Å². The van der Waals surface area contributed by atoms with Crippen LogP contribution in [0.15, 0.2) is 36.4 Å². The van der Waals surface area contributed by atoms with Gasteiger partial charge in [-0.25, -0.2) is 0 Å². The molecule has 0 saturated carbocycles. The Bertz CT molecular complexity index is 1020. The highest BCUT2D eigenvalue weighted by molar-refractivity contribution is 7.14. The van der Waals surface area contributed by atoms with Crippen LogP contribution < -0.4 is 15.5 Å². The average Bonchev–Trinajstić information content (AvgIpc) is 3.49. The Morgan fingerprint density at radius 2 is 2.00 bits per heavy atom. The van der Waals surface area contributed by atoms with Crippen LogP contribution in [0.3, 0.4) is 0 Å². The van der Waals surface area contributed by atoms with Crippen LogP contribution >= 0.6 is 11.3 Å². The molecule has 0 spiro atoms. The van der Waals surface area contributed by atoms with E-state index in [4.69, 9.17) is 11.2 Å². The summed E-state index contributed by atoms with van der Waals surface area (Å²) < 4.78 is 5.43. The van der Waals surface area contributed by atoms with Crippen molar-refractivity contribution in [3.63, 3.8) is 0 Å². The number of carbonyl (C=O) groups is 3. The second-order valence-electron chi connectivity index (χ2n) is 7.30. The number of amides is 3. The fourth-order valence-electron chi connectivity index (χ4n) is 3.61. The third-order valence-corrected chi connectivity index (χ3v) is 6.31. The lowest BCUT2D eigenvalue weighted by Crippen LogP contribution is -2.57. The molecular weight excluding hydrogens is 402 g/mol. The van der Waals surface area contributed by atoms with Crippen LogP contribution in [0.25, 0.3) is 0 Å². The first kappa shape index (κ1) is 20.1. The van der Waals surface area contributed by atoms with Crippen molar-refractivity contribution >= 4 is 40.4 Å². The Kier molecular flexibility index (Phi) is 5.57. The third kappa shape index (κ3) is 3.95. The van der Waals surface area contributed by atoms with Gasteiger partial charge in [-0.2, -0.15) is 0 Å². The fourth-order valence-corrected chi connectivity index (χ4v) is 4.32. The van der Waals surface area contributed by atoms with Gasteiger partial charge in [0.15, 0.2) is 0 Å². The quantitative estimate of drug-likeness (QED) is 0.723. The molecule has 1 atom stereocenters. The first-order valence-corrected chi connectivity index (χ1v) is 10.5. The zero-order valence-corrected chi connectivity index (χ0v) is 17.1. The fraction of sp³-hybridized carbons (Fsp3) is 0.318. The molecule has 2 aromatic rings. The third-order valence-electron chi connectivity index (χ3n) is 5.29. The van der Waals surface area contributed by atoms with Crippen molar-refractivity contribution in [1.29, 1.82) is 0 Å². The summed E-state index contributed by atoms with van der Waals surface area (Å²) in [4.78, 5) is 40.5. The van der Waals surface area contributed by atoms with Crippen LogP contribution in [0.1, 0.15) is 33.8 Å². The normalized spacial score (nSPS) is 20.8. The van der Waals surface area contributed by atoms with Crippen molar-refractivity contribution in [3.05, 3.63) is 46.2 Å². The molecule has 1 aromatic heterocycles. The molecule has 2 N–H and O–H groups in total. The van der Waals surface area contributed by atoms with Crippen molar-refractivity contribution in [2.24, 2.45) is 0 Å². The molecule has 2 fully saturated rings. The van der Waals surface area contributed by atoms with Gasteiger partial charge in [-0.1, -0.05) is 5.92 Å². The van der Waals surface area contributed by atoms with E-state index in [2.05, 4.69) is 16.6 Å². The predicted octanol–water partition coefficient (Wildman–Crippen LogP) is 2.38. The number of terminal acetylenes is 1. The lowest BCUT2D eigenvalue weighted by atomic mass is 9.97. The number of ether oxygens (including phenoxy) is 1. The zero-order chi connectivity index (χ0) is 21.1. The number of hydrogen-bond donors (Lipinski definition) is 2. The van der Waals surface area contributed by atoms with Crippen LogP contribution in [0.5, 0.6) is 0 Å². The largest absolute Gasteiger partial charge is 0.378 e. The second-order valence-corrected chi connectivity index (χ2v) is 8.38. The average molecular weight is 423 g/mol. The highest BCUT2D eigenvalue weighted by atomic mass is 32.1. The SMILES string of the molecule is C#Cc1ccc(C(=O)NC2(C(=O)Nc3ccc(N4CCCC4=O)cc3)CCOC2)s1. The Labute approximate surface area is 178 Å². The highest BCUT2D eigenvalue weighted by Gasteiger charge is 2.44. The summed E-state index contributed by atoms with van der Waals surface area (Å²) in [6.45, 7) is 1.18. The van der Waals surface area contributed by atoms with Crippen molar-refractivity contribution < 1.29 is 19.1 Å². The molecule has 0 bridgehead atoms. The smallest absolute Gasteiger partial charge is 0.262 e. The molecule has 2 aliphatic rings. The molecule has 30 heavy (non-hydrogen) atoms. The lowest BCUT2D eigenvalue weighted by molar-refractivity contribution is -0.122. The number of anilines is 2. The lowest BCUT2D eigenvalue weighted by Gasteiger charge is -2.27. The van der Waals surface area contributed by atoms with Crippen molar-refractivity contribution in [2.75, 3.05) is 30.0 Å². The van der Waals surface area contributed by atoms with Gasteiger partial charge in [0.05, 0.1) is 16.4 Å². The molecule has 1 aromatic carbocycles. The summed E-state index contributed by atoms with van der Waals surface area (Å²) >= 11 is 1.20. The van der Waals surface area contributed by atoms with E-state index in [9.17, 15) is 14.4 Å². The molecule has 2 aliphatic heterocycles. The van der Waals surface area contributed by atoms with E-state index in [1.807, 2.05) is 12.1 Å². The number of rotatable bonds is 5. The van der Waals surface area contributed by atoms with E-state index < -0.39 is 5.54 Å². The molecule has 2 saturated heterocycles. The summed E-state index contributed by atoms with van der Waals surface area (Å²) in [5.41, 5.74) is 0.243. The highest BCUT2D eigenvalue weighted by Crippen LogP contribution is 2.26. The van der Waals surface area contributed by atoms with Crippen LogP contribution in [-0.4, -0.2) is 43.0 Å². The van der Waals surface area contributed by atoms with Gasteiger partial charge in [0, 0.05) is 37.4 Å². The topological polar surface area (TPSA) is 87.7 Å². The van der Waals surface area contributed by atoms with E-state index in [0.29, 0.717) is 41.4 Å². The van der Waals surface area contributed by atoms with E-state index in [0.717, 1.165) is 12.1 Å². The van der Waals surface area contributed by atoms with E-state index in [1.54, 1.807) is 29.2 Å². The minimum atomic E-state index is -1.15. The van der Waals surface area contributed by atoms with Gasteiger partial charge in [0.2, 0.25) is 5.91 Å². The number of nitrogens with zero attached hydrogens (tertiary/aromatic N) is 1. The van der Waals surface area contributed by atoms with Gasteiger partial charge in [0.1, 0.15) is 5.54 Å². The number of carbonyl (C=O) groups excluding carboxylic acids is 3. The van der Waals surface area contributed by atoms with Crippen molar-refractivity contribution in [1.82, 2.24) is 5.32 Å². The Hall–Kier alpha value is -3.15. The number of hydrogen-bond acceptors (Lipinski definition) is 5. The minimum Gasteiger partial charge on any atom is -0.378 e. The Balaban J connectivity index is 1.46. The molecule has 0 aliphatic carbocycles. The Morgan fingerprint density at radius 3 is 2.60 bits per heavy atom. The van der Waals surface area contributed by atoms with Gasteiger partial charge in [-0.05, 0) is 42.8 Å². The maximum atomic E-state index is 13.1. The van der Waals surface area contributed by atoms with Crippen LogP contribution in [0.4, 0.5) is 11.4 Å². The molecular formula is C22H21N3O4S. The van der Waals surface area contributed by atoms with E-state index in [-0.39, 0.29) is 24.3 Å². The summed E-state index contributed by atoms with van der Waals surface area (Å²) in [5, 5.41) is 5.70. The first-order chi connectivity index (χ1) is 14.5. The van der Waals surface area contributed by atoms with Gasteiger partial charge in [-0.3, -0.25) is 14.4 Å². The molecule has 8 heteroatoms. The summed E-state index contributed by atoms with van der Waals surface area (Å²) in [6, 6.07) is 10.5. The van der Waals surface area contributed by atoms with Gasteiger partial charge < -0.3 is 20.3 Å². The van der Waals surface area contributed by atoms with Gasteiger partial charge >= 0.3 is 0 Å². The predicted molar refractivity (Wildman–Crippen MR) is 115 cm³/mol. The maximum absolute atomic E-state index is 13.1. The molecule has 1 unspecified atom stereocenters. The van der Waals surface area contributed by atoms with Crippen molar-refractivity contribution in [2.45, 2.75) is 24.8 Å². The first-order valence-electron chi connectivity index (χ1n) is 9.69. The summed E-state index contributed by atoms with van der Waals surface area (Å²) in [7, 11) is 0. The molecule has 4 rings (SSSR count). The molecule has 3 heterocycles. The Morgan fingerprint density at radius 1 is 1.20 bits per heavy atom.